The molecule has 146 valence electrons. The fourth-order valence-corrected chi connectivity index (χ4v) is 3.81. The van der Waals surface area contributed by atoms with E-state index in [2.05, 4.69) is 10.1 Å². The van der Waals surface area contributed by atoms with Gasteiger partial charge in [-0.3, -0.25) is 4.79 Å². The number of nitrogens with two attached hydrogens (primary N) is 1. The van der Waals surface area contributed by atoms with Gasteiger partial charge >= 0.3 is 0 Å². The van der Waals surface area contributed by atoms with Crippen LogP contribution in [0.2, 0.25) is 0 Å². The Kier molecular flexibility index (Phi) is 4.80. The number of hydrogen-bond donors (Lipinski definition) is 1. The summed E-state index contributed by atoms with van der Waals surface area (Å²) in [5.41, 5.74) is 6.93. The van der Waals surface area contributed by atoms with E-state index in [1.54, 1.807) is 4.90 Å². The molecule has 0 radical (unpaired) electrons. The molecule has 1 amide bonds. The van der Waals surface area contributed by atoms with Crippen LogP contribution >= 0.6 is 0 Å². The number of fused-ring (bicyclic) bond motifs is 1. The van der Waals surface area contributed by atoms with Crippen LogP contribution < -0.4 is 5.73 Å². The van der Waals surface area contributed by atoms with Crippen LogP contribution in [0.25, 0.3) is 16.9 Å². The Labute approximate surface area is 161 Å². The van der Waals surface area contributed by atoms with Gasteiger partial charge in [-0.05, 0) is 31.9 Å². The first-order valence-corrected chi connectivity index (χ1v) is 9.23. The number of alkyl halides is 2. The maximum absolute atomic E-state index is 13.5. The molecule has 3 aromatic rings. The molecule has 2 unspecified atom stereocenters. The predicted octanol–water partition coefficient (Wildman–Crippen LogP) is 3.14. The fraction of sp³-hybridized carbons (Fsp3) is 0.350. The molecule has 1 aliphatic heterocycles. The molecule has 1 fully saturated rings. The molecule has 8 heteroatoms. The molecular weight excluding hydrogens is 364 g/mol. The molecule has 2 atom stereocenters. The fourth-order valence-electron chi connectivity index (χ4n) is 3.81. The van der Waals surface area contributed by atoms with Gasteiger partial charge in [-0.25, -0.2) is 18.3 Å². The number of rotatable bonds is 4. The maximum Gasteiger partial charge on any atom is 0.280 e. The van der Waals surface area contributed by atoms with Gasteiger partial charge in [0.05, 0.1) is 11.9 Å². The van der Waals surface area contributed by atoms with E-state index in [0.717, 1.165) is 12.0 Å². The van der Waals surface area contributed by atoms with Gasteiger partial charge in [0.2, 0.25) is 0 Å². The van der Waals surface area contributed by atoms with E-state index in [0.29, 0.717) is 18.8 Å². The smallest absolute Gasteiger partial charge is 0.280 e. The lowest BCUT2D eigenvalue weighted by molar-refractivity contribution is 0.0745. The normalized spacial score (nSPS) is 19.7. The average molecular weight is 385 g/mol. The van der Waals surface area contributed by atoms with E-state index in [1.807, 2.05) is 37.3 Å². The third-order valence-electron chi connectivity index (χ3n) is 5.27. The van der Waals surface area contributed by atoms with Gasteiger partial charge in [0.1, 0.15) is 11.3 Å². The van der Waals surface area contributed by atoms with Gasteiger partial charge in [-0.15, -0.1) is 0 Å². The van der Waals surface area contributed by atoms with Crippen molar-refractivity contribution in [3.05, 3.63) is 53.9 Å². The molecule has 2 N–H and O–H groups in total. The number of carbonyl (C=O) groups excluding carboxylic acids is 1. The monoisotopic (exact) mass is 385 g/mol. The van der Waals surface area contributed by atoms with Crippen molar-refractivity contribution in [1.29, 1.82) is 0 Å². The summed E-state index contributed by atoms with van der Waals surface area (Å²) < 4.78 is 28.4. The minimum Gasteiger partial charge on any atom is -0.335 e. The highest BCUT2D eigenvalue weighted by molar-refractivity contribution is 6.00. The van der Waals surface area contributed by atoms with Gasteiger partial charge < -0.3 is 10.6 Å². The third kappa shape index (κ3) is 3.13. The van der Waals surface area contributed by atoms with Crippen molar-refractivity contribution < 1.29 is 13.6 Å². The number of carbonyl (C=O) groups is 1. The topological polar surface area (TPSA) is 76.5 Å². The Bertz CT molecular complexity index is 1000. The quantitative estimate of drug-likeness (QED) is 0.749. The second-order valence-electron chi connectivity index (χ2n) is 7.17. The Morgan fingerprint density at radius 3 is 2.71 bits per heavy atom. The number of likely N-dealkylation sites (tertiary alicyclic amines) is 1. The SMILES string of the molecule is CC1CC(CN)CN1C(=O)c1cnn2c(-c3ccccc3)cc(C(F)F)nc12. The van der Waals surface area contributed by atoms with E-state index in [4.69, 9.17) is 5.73 Å². The summed E-state index contributed by atoms with van der Waals surface area (Å²) in [6.07, 6.45) is -0.515. The Morgan fingerprint density at radius 1 is 1.32 bits per heavy atom. The molecule has 1 saturated heterocycles. The maximum atomic E-state index is 13.5. The van der Waals surface area contributed by atoms with E-state index in [1.165, 1.54) is 16.8 Å². The first-order chi connectivity index (χ1) is 13.5. The van der Waals surface area contributed by atoms with Crippen LogP contribution in [-0.2, 0) is 0 Å². The van der Waals surface area contributed by atoms with Crippen molar-refractivity contribution in [2.24, 2.45) is 11.7 Å². The molecule has 0 bridgehead atoms. The Morgan fingerprint density at radius 2 is 2.07 bits per heavy atom. The number of benzene rings is 1. The van der Waals surface area contributed by atoms with Crippen LogP contribution in [0.5, 0.6) is 0 Å². The zero-order chi connectivity index (χ0) is 19.8. The molecule has 1 aromatic carbocycles. The molecule has 0 aliphatic carbocycles. The number of halogens is 2. The largest absolute Gasteiger partial charge is 0.335 e. The highest BCUT2D eigenvalue weighted by atomic mass is 19.3. The van der Waals surface area contributed by atoms with E-state index in [9.17, 15) is 13.6 Å². The summed E-state index contributed by atoms with van der Waals surface area (Å²) in [6, 6.07) is 10.4. The van der Waals surface area contributed by atoms with Crippen molar-refractivity contribution in [3.63, 3.8) is 0 Å². The minimum absolute atomic E-state index is 0.0304. The highest BCUT2D eigenvalue weighted by Crippen LogP contribution is 2.29. The lowest BCUT2D eigenvalue weighted by Gasteiger charge is -2.21. The van der Waals surface area contributed by atoms with E-state index >= 15 is 0 Å². The lowest BCUT2D eigenvalue weighted by Crippen LogP contribution is -2.34. The summed E-state index contributed by atoms with van der Waals surface area (Å²) in [6.45, 7) is 3.02. The Hall–Kier alpha value is -2.87. The summed E-state index contributed by atoms with van der Waals surface area (Å²) in [5, 5.41) is 4.29. The average Bonchev–Trinajstić information content (AvgIpc) is 3.30. The summed E-state index contributed by atoms with van der Waals surface area (Å²) >= 11 is 0. The molecule has 1 aliphatic rings. The van der Waals surface area contributed by atoms with E-state index in [-0.39, 0.29) is 34.8 Å². The standard InChI is InChI=1S/C20H21F2N5O/c1-12-7-13(9-23)11-26(12)20(28)15-10-24-27-17(14-5-3-2-4-6-14)8-16(18(21)22)25-19(15)27/h2-6,8,10,12-13,18H,7,9,11,23H2,1H3. The first kappa shape index (κ1) is 18.5. The predicted molar refractivity (Wildman–Crippen MR) is 101 cm³/mol. The van der Waals surface area contributed by atoms with Crippen molar-refractivity contribution in [3.8, 4) is 11.3 Å². The minimum atomic E-state index is -2.75. The van der Waals surface area contributed by atoms with Crippen molar-refractivity contribution >= 4 is 11.6 Å². The van der Waals surface area contributed by atoms with Crippen LogP contribution in [0.15, 0.2) is 42.6 Å². The summed E-state index contributed by atoms with van der Waals surface area (Å²) in [7, 11) is 0. The Balaban J connectivity index is 1.83. The first-order valence-electron chi connectivity index (χ1n) is 9.23. The summed E-state index contributed by atoms with van der Waals surface area (Å²) in [4.78, 5) is 18.9. The summed E-state index contributed by atoms with van der Waals surface area (Å²) in [5.74, 6) is -0.0124. The van der Waals surface area contributed by atoms with Crippen LogP contribution in [0.1, 0.15) is 35.8 Å². The molecule has 4 rings (SSSR count). The van der Waals surface area contributed by atoms with Crippen molar-refractivity contribution in [1.82, 2.24) is 19.5 Å². The molecular formula is C20H21F2N5O. The second-order valence-corrected chi connectivity index (χ2v) is 7.17. The third-order valence-corrected chi connectivity index (χ3v) is 5.27. The molecule has 6 nitrogen and oxygen atoms in total. The van der Waals surface area contributed by atoms with Gasteiger partial charge in [0, 0.05) is 18.2 Å². The molecule has 0 spiro atoms. The van der Waals surface area contributed by atoms with Crippen LogP contribution in [0, 0.1) is 5.92 Å². The number of hydrogen-bond acceptors (Lipinski definition) is 4. The zero-order valence-electron chi connectivity index (χ0n) is 15.4. The van der Waals surface area contributed by atoms with Crippen molar-refractivity contribution in [2.75, 3.05) is 13.1 Å². The van der Waals surface area contributed by atoms with Crippen LogP contribution in [0.4, 0.5) is 8.78 Å². The molecule has 28 heavy (non-hydrogen) atoms. The lowest BCUT2D eigenvalue weighted by atomic mass is 10.1. The molecule has 2 aromatic heterocycles. The number of amides is 1. The van der Waals surface area contributed by atoms with Gasteiger partial charge in [-0.2, -0.15) is 5.10 Å². The van der Waals surface area contributed by atoms with Crippen LogP contribution in [-0.4, -0.2) is 44.5 Å². The van der Waals surface area contributed by atoms with Crippen LogP contribution in [0.3, 0.4) is 0 Å². The highest BCUT2D eigenvalue weighted by Gasteiger charge is 2.34. The van der Waals surface area contributed by atoms with Gasteiger partial charge in [-0.1, -0.05) is 30.3 Å². The zero-order valence-corrected chi connectivity index (χ0v) is 15.4. The van der Waals surface area contributed by atoms with Crippen molar-refractivity contribution in [2.45, 2.75) is 25.8 Å². The molecule has 0 saturated carbocycles. The van der Waals surface area contributed by atoms with Gasteiger partial charge in [0.15, 0.2) is 5.65 Å². The molecule has 3 heterocycles. The second kappa shape index (κ2) is 7.27. The van der Waals surface area contributed by atoms with E-state index < -0.39 is 6.43 Å². The number of nitrogens with zero attached hydrogens (tertiary/aromatic N) is 4. The number of aromatic nitrogens is 3. The van der Waals surface area contributed by atoms with Gasteiger partial charge in [0.25, 0.3) is 12.3 Å².